The van der Waals surface area contributed by atoms with E-state index in [2.05, 4.69) is 4.98 Å². The number of amides is 1. The molecule has 2 aromatic rings. The fraction of sp³-hybridized carbons (Fsp3) is 0.231. The summed E-state index contributed by atoms with van der Waals surface area (Å²) in [5.74, 6) is 0.666. The molecule has 5 nitrogen and oxygen atoms in total. The summed E-state index contributed by atoms with van der Waals surface area (Å²) in [6.07, 6.45) is 0. The lowest BCUT2D eigenvalue weighted by Crippen LogP contribution is -2.37. The molecule has 2 N–H and O–H groups in total. The highest BCUT2D eigenvalue weighted by molar-refractivity contribution is 7.17. The number of anilines is 2. The number of benzene rings is 1. The van der Waals surface area contributed by atoms with E-state index in [1.807, 2.05) is 24.3 Å². The van der Waals surface area contributed by atoms with Crippen molar-refractivity contribution >= 4 is 28.1 Å². The lowest BCUT2D eigenvalue weighted by atomic mass is 10.2. The van der Waals surface area contributed by atoms with Gasteiger partial charge in [0.25, 0.3) is 5.91 Å². The maximum atomic E-state index is 12.6. The summed E-state index contributed by atoms with van der Waals surface area (Å²) in [5, 5.41) is 0.419. The van der Waals surface area contributed by atoms with Gasteiger partial charge in [0.2, 0.25) is 0 Å². The van der Waals surface area contributed by atoms with Gasteiger partial charge in [-0.05, 0) is 19.1 Å². The van der Waals surface area contributed by atoms with Crippen LogP contribution in [0.4, 0.5) is 10.8 Å². The molecule has 1 aliphatic heterocycles. The Hall–Kier alpha value is -2.08. The molecule has 1 aromatic heterocycles. The third kappa shape index (κ3) is 2.04. The van der Waals surface area contributed by atoms with Crippen molar-refractivity contribution in [1.82, 2.24) is 4.98 Å². The average molecular weight is 275 g/mol. The zero-order valence-corrected chi connectivity index (χ0v) is 11.2. The van der Waals surface area contributed by atoms with Gasteiger partial charge in [-0.15, -0.1) is 0 Å². The normalized spacial score (nSPS) is 13.8. The summed E-state index contributed by atoms with van der Waals surface area (Å²) >= 11 is 1.23. The van der Waals surface area contributed by atoms with E-state index in [1.165, 1.54) is 11.3 Å². The van der Waals surface area contributed by atoms with Gasteiger partial charge in [-0.3, -0.25) is 4.79 Å². The maximum absolute atomic E-state index is 12.6. The highest BCUT2D eigenvalue weighted by Crippen LogP contribution is 2.33. The third-order valence-electron chi connectivity index (χ3n) is 2.98. The van der Waals surface area contributed by atoms with E-state index in [0.717, 1.165) is 11.4 Å². The first kappa shape index (κ1) is 12.0. The van der Waals surface area contributed by atoms with Crippen molar-refractivity contribution in [1.29, 1.82) is 0 Å². The van der Waals surface area contributed by atoms with Crippen molar-refractivity contribution in [3.8, 4) is 5.75 Å². The Balaban J connectivity index is 2.00. The number of thiazole rings is 1. The lowest BCUT2D eigenvalue weighted by Gasteiger charge is -2.29. The van der Waals surface area contributed by atoms with Crippen LogP contribution in [0.5, 0.6) is 5.75 Å². The predicted molar refractivity (Wildman–Crippen MR) is 74.9 cm³/mol. The van der Waals surface area contributed by atoms with Crippen molar-refractivity contribution < 1.29 is 9.53 Å². The molecule has 98 valence electrons. The minimum atomic E-state index is -0.0672. The molecule has 1 aromatic carbocycles. The smallest absolute Gasteiger partial charge is 0.270 e. The van der Waals surface area contributed by atoms with Crippen LogP contribution in [0.15, 0.2) is 24.3 Å². The Kier molecular flexibility index (Phi) is 2.87. The monoisotopic (exact) mass is 275 g/mol. The quantitative estimate of drug-likeness (QED) is 0.865. The van der Waals surface area contributed by atoms with Crippen molar-refractivity contribution in [2.75, 3.05) is 23.8 Å². The SMILES string of the molecule is Cc1nc(N)sc1C(=O)N1CCOc2ccccc21. The van der Waals surface area contributed by atoms with Gasteiger partial charge in [-0.25, -0.2) is 4.98 Å². The number of hydrogen-bond donors (Lipinski definition) is 1. The van der Waals surface area contributed by atoms with E-state index >= 15 is 0 Å². The molecule has 19 heavy (non-hydrogen) atoms. The number of nitrogens with zero attached hydrogens (tertiary/aromatic N) is 2. The van der Waals surface area contributed by atoms with Crippen molar-refractivity contribution in [2.45, 2.75) is 6.92 Å². The number of hydrogen-bond acceptors (Lipinski definition) is 5. The summed E-state index contributed by atoms with van der Waals surface area (Å²) in [6.45, 7) is 2.83. The number of carbonyl (C=O) groups is 1. The van der Waals surface area contributed by atoms with Gasteiger partial charge in [0.15, 0.2) is 5.13 Å². The van der Waals surface area contributed by atoms with E-state index in [9.17, 15) is 4.79 Å². The first-order chi connectivity index (χ1) is 9.16. The Labute approximate surface area is 114 Å². The molecule has 2 heterocycles. The topological polar surface area (TPSA) is 68.5 Å². The first-order valence-electron chi connectivity index (χ1n) is 5.93. The molecule has 0 aliphatic carbocycles. The summed E-state index contributed by atoms with van der Waals surface area (Å²) in [5.41, 5.74) is 7.13. The number of rotatable bonds is 1. The van der Waals surface area contributed by atoms with E-state index in [-0.39, 0.29) is 5.91 Å². The van der Waals surface area contributed by atoms with E-state index in [4.69, 9.17) is 10.5 Å². The number of aryl methyl sites for hydroxylation is 1. The number of para-hydroxylation sites is 2. The number of ether oxygens (including phenoxy) is 1. The van der Waals surface area contributed by atoms with E-state index in [0.29, 0.717) is 28.9 Å². The van der Waals surface area contributed by atoms with Gasteiger partial charge in [0.1, 0.15) is 17.2 Å². The van der Waals surface area contributed by atoms with Gasteiger partial charge in [-0.2, -0.15) is 0 Å². The van der Waals surface area contributed by atoms with Crippen molar-refractivity contribution in [3.05, 3.63) is 34.8 Å². The van der Waals surface area contributed by atoms with Crippen LogP contribution in [0, 0.1) is 6.92 Å². The molecule has 0 spiro atoms. The Morgan fingerprint density at radius 2 is 2.26 bits per heavy atom. The number of carbonyl (C=O) groups excluding carboxylic acids is 1. The van der Waals surface area contributed by atoms with Crippen LogP contribution in [0.2, 0.25) is 0 Å². The van der Waals surface area contributed by atoms with Crippen LogP contribution in [-0.4, -0.2) is 24.0 Å². The predicted octanol–water partition coefficient (Wildman–Crippen LogP) is 2.07. The largest absolute Gasteiger partial charge is 0.490 e. The van der Waals surface area contributed by atoms with Crippen LogP contribution in [0.1, 0.15) is 15.4 Å². The van der Waals surface area contributed by atoms with Gasteiger partial charge in [0, 0.05) is 0 Å². The fourth-order valence-electron chi connectivity index (χ4n) is 2.12. The minimum absolute atomic E-state index is 0.0672. The fourth-order valence-corrected chi connectivity index (χ4v) is 2.90. The van der Waals surface area contributed by atoms with E-state index in [1.54, 1.807) is 11.8 Å². The zero-order chi connectivity index (χ0) is 13.4. The van der Waals surface area contributed by atoms with Crippen molar-refractivity contribution in [3.63, 3.8) is 0 Å². The summed E-state index contributed by atoms with van der Waals surface area (Å²) in [4.78, 5) is 19.0. The van der Waals surface area contributed by atoms with Crippen LogP contribution < -0.4 is 15.4 Å². The number of aromatic nitrogens is 1. The molecule has 1 amide bonds. The molecular weight excluding hydrogens is 262 g/mol. The second kappa shape index (κ2) is 4.55. The lowest BCUT2D eigenvalue weighted by molar-refractivity contribution is 0.0979. The Morgan fingerprint density at radius 1 is 1.47 bits per heavy atom. The van der Waals surface area contributed by atoms with Gasteiger partial charge < -0.3 is 15.4 Å². The van der Waals surface area contributed by atoms with Crippen LogP contribution >= 0.6 is 11.3 Å². The maximum Gasteiger partial charge on any atom is 0.270 e. The summed E-state index contributed by atoms with van der Waals surface area (Å²) < 4.78 is 5.54. The van der Waals surface area contributed by atoms with Crippen LogP contribution in [-0.2, 0) is 0 Å². The first-order valence-corrected chi connectivity index (χ1v) is 6.75. The van der Waals surface area contributed by atoms with Crippen LogP contribution in [0.3, 0.4) is 0 Å². The number of nitrogen functional groups attached to an aromatic ring is 1. The highest BCUT2D eigenvalue weighted by Gasteiger charge is 2.27. The van der Waals surface area contributed by atoms with E-state index < -0.39 is 0 Å². The van der Waals surface area contributed by atoms with Crippen molar-refractivity contribution in [2.24, 2.45) is 0 Å². The minimum Gasteiger partial charge on any atom is -0.490 e. The molecule has 0 unspecified atom stereocenters. The highest BCUT2D eigenvalue weighted by atomic mass is 32.1. The average Bonchev–Trinajstić information content (AvgIpc) is 2.76. The van der Waals surface area contributed by atoms with Gasteiger partial charge >= 0.3 is 0 Å². The second-order valence-corrected chi connectivity index (χ2v) is 5.27. The van der Waals surface area contributed by atoms with Crippen LogP contribution in [0.25, 0.3) is 0 Å². The van der Waals surface area contributed by atoms with Gasteiger partial charge in [-0.1, -0.05) is 23.5 Å². The van der Waals surface area contributed by atoms with Gasteiger partial charge in [0.05, 0.1) is 17.9 Å². The number of nitrogens with two attached hydrogens (primary N) is 1. The standard InChI is InChI=1S/C13H13N3O2S/c1-8-11(19-13(14)15-8)12(17)16-6-7-18-10-5-3-2-4-9(10)16/h2-5H,6-7H2,1H3,(H2,14,15). The Morgan fingerprint density at radius 3 is 3.00 bits per heavy atom. The molecule has 1 aliphatic rings. The molecule has 0 radical (unpaired) electrons. The Bertz CT molecular complexity index is 639. The molecule has 0 bridgehead atoms. The third-order valence-corrected chi connectivity index (χ3v) is 3.96. The summed E-state index contributed by atoms with van der Waals surface area (Å²) in [6, 6.07) is 7.53. The molecule has 0 fully saturated rings. The molecule has 6 heteroatoms. The molecule has 0 atom stereocenters. The second-order valence-electron chi connectivity index (χ2n) is 4.24. The molecule has 0 saturated carbocycles. The molecular formula is C13H13N3O2S. The zero-order valence-electron chi connectivity index (χ0n) is 10.4. The summed E-state index contributed by atoms with van der Waals surface area (Å²) in [7, 11) is 0. The number of fused-ring (bicyclic) bond motifs is 1. The molecule has 0 saturated heterocycles. The molecule has 3 rings (SSSR count).